The average Bonchev–Trinajstić information content (AvgIpc) is 3.14. The number of rotatable bonds is 3. The van der Waals surface area contributed by atoms with E-state index in [1.807, 2.05) is 0 Å². The Balaban J connectivity index is 1.58. The van der Waals surface area contributed by atoms with Crippen molar-refractivity contribution in [2.45, 2.75) is 64.3 Å². The first-order valence-electron chi connectivity index (χ1n) is 9.34. The molecule has 5 rings (SSSR count). The van der Waals surface area contributed by atoms with Crippen molar-refractivity contribution in [2.75, 3.05) is 0 Å². The molecule has 2 saturated heterocycles. The number of fused-ring (bicyclic) bond motifs is 1. The average molecular weight is 344 g/mol. The number of esters is 1. The van der Waals surface area contributed by atoms with Gasteiger partial charge in [0.25, 0.3) is 0 Å². The predicted molar refractivity (Wildman–Crippen MR) is 87.6 cm³/mol. The molecule has 6 atom stereocenters. The Kier molecular flexibility index (Phi) is 2.97. The van der Waals surface area contributed by atoms with Crippen LogP contribution < -0.4 is 0 Å². The van der Waals surface area contributed by atoms with Gasteiger partial charge in [0.15, 0.2) is 5.78 Å². The number of ether oxygens (including phenoxy) is 2. The van der Waals surface area contributed by atoms with Gasteiger partial charge in [0.1, 0.15) is 6.26 Å². The summed E-state index contributed by atoms with van der Waals surface area (Å²) < 4.78 is 17.3. The lowest BCUT2D eigenvalue weighted by molar-refractivity contribution is -0.252. The highest BCUT2D eigenvalue weighted by Crippen LogP contribution is 2.72. The molecule has 2 aliphatic carbocycles. The summed E-state index contributed by atoms with van der Waals surface area (Å²) in [6.07, 6.45) is 7.69. The molecule has 134 valence electrons. The summed E-state index contributed by atoms with van der Waals surface area (Å²) in [6, 6.07) is 1.72. The summed E-state index contributed by atoms with van der Waals surface area (Å²) in [5.74, 6) is 0.314. The van der Waals surface area contributed by atoms with Crippen molar-refractivity contribution in [1.29, 1.82) is 0 Å². The number of Topliss-reactive ketones (excluding diaryl/α,β-unsaturated/α-hetero) is 1. The molecule has 0 N–H and O–H groups in total. The van der Waals surface area contributed by atoms with Crippen LogP contribution in [0.3, 0.4) is 0 Å². The monoisotopic (exact) mass is 344 g/mol. The zero-order chi connectivity index (χ0) is 17.4. The maximum Gasteiger partial charge on any atom is 0.314 e. The minimum atomic E-state index is -0.493. The highest BCUT2D eigenvalue weighted by Gasteiger charge is 2.75. The largest absolute Gasteiger partial charge is 0.472 e. The fourth-order valence-electron chi connectivity index (χ4n) is 6.57. The minimum Gasteiger partial charge on any atom is -0.472 e. The molecule has 3 heterocycles. The Hall–Kier alpha value is -1.62. The molecule has 25 heavy (non-hydrogen) atoms. The number of carbonyl (C=O) groups is 2. The van der Waals surface area contributed by atoms with Crippen molar-refractivity contribution in [3.05, 3.63) is 24.2 Å². The van der Waals surface area contributed by atoms with E-state index in [0.29, 0.717) is 12.0 Å². The maximum absolute atomic E-state index is 12.8. The lowest BCUT2D eigenvalue weighted by Gasteiger charge is -2.60. The molecular weight excluding hydrogens is 320 g/mol. The Bertz CT molecular complexity index is 739. The number of ketones is 1. The smallest absolute Gasteiger partial charge is 0.314 e. The second-order valence-electron chi connectivity index (χ2n) is 8.83. The molecule has 1 aromatic heterocycles. The van der Waals surface area contributed by atoms with Crippen molar-refractivity contribution < 1.29 is 23.5 Å². The van der Waals surface area contributed by atoms with E-state index in [-0.39, 0.29) is 29.0 Å². The third-order valence-electron chi connectivity index (χ3n) is 7.77. The van der Waals surface area contributed by atoms with Crippen LogP contribution in [-0.4, -0.2) is 23.6 Å². The molecule has 3 bridgehead atoms. The first-order chi connectivity index (χ1) is 11.9. The molecule has 2 aliphatic heterocycles. The molecule has 6 unspecified atom stereocenters. The van der Waals surface area contributed by atoms with E-state index in [0.717, 1.165) is 32.1 Å². The maximum atomic E-state index is 12.8. The first-order valence-corrected chi connectivity index (χ1v) is 9.34. The molecular formula is C20H24O5. The van der Waals surface area contributed by atoms with Crippen LogP contribution >= 0.6 is 0 Å². The molecule has 5 heteroatoms. The number of hydrogen-bond acceptors (Lipinski definition) is 5. The summed E-state index contributed by atoms with van der Waals surface area (Å²) in [5.41, 5.74) is -0.428. The van der Waals surface area contributed by atoms with Crippen LogP contribution in [0.2, 0.25) is 0 Å². The third-order valence-corrected chi connectivity index (χ3v) is 7.77. The zero-order valence-corrected chi connectivity index (χ0v) is 14.7. The van der Waals surface area contributed by atoms with Crippen LogP contribution in [0, 0.1) is 22.7 Å². The number of hydrogen-bond donors (Lipinski definition) is 0. The Morgan fingerprint density at radius 1 is 1.28 bits per heavy atom. The van der Waals surface area contributed by atoms with Gasteiger partial charge in [0.2, 0.25) is 6.29 Å². The molecule has 0 aromatic carbocycles. The van der Waals surface area contributed by atoms with Gasteiger partial charge in [-0.15, -0.1) is 0 Å². The molecule has 0 radical (unpaired) electrons. The van der Waals surface area contributed by atoms with Gasteiger partial charge in [0, 0.05) is 17.8 Å². The van der Waals surface area contributed by atoms with Gasteiger partial charge in [-0.2, -0.15) is 0 Å². The van der Waals surface area contributed by atoms with Gasteiger partial charge in [-0.05, 0) is 51.5 Å². The molecule has 5 nitrogen and oxygen atoms in total. The summed E-state index contributed by atoms with van der Waals surface area (Å²) in [6.45, 7) is 4.16. The lowest BCUT2D eigenvalue weighted by atomic mass is 9.44. The predicted octanol–water partition coefficient (Wildman–Crippen LogP) is 3.73. The van der Waals surface area contributed by atoms with E-state index >= 15 is 0 Å². The van der Waals surface area contributed by atoms with E-state index in [9.17, 15) is 9.59 Å². The summed E-state index contributed by atoms with van der Waals surface area (Å²) in [4.78, 5) is 25.5. The summed E-state index contributed by atoms with van der Waals surface area (Å²) in [7, 11) is 0. The molecule has 1 aromatic rings. The van der Waals surface area contributed by atoms with Crippen LogP contribution in [0.15, 0.2) is 23.0 Å². The quantitative estimate of drug-likeness (QED) is 0.617. The van der Waals surface area contributed by atoms with Crippen molar-refractivity contribution >= 4 is 11.8 Å². The van der Waals surface area contributed by atoms with Crippen molar-refractivity contribution in [2.24, 2.45) is 22.7 Å². The molecule has 0 amide bonds. The van der Waals surface area contributed by atoms with Gasteiger partial charge in [-0.25, -0.2) is 0 Å². The minimum absolute atomic E-state index is 0.0823. The second kappa shape index (κ2) is 4.76. The zero-order valence-electron chi connectivity index (χ0n) is 14.7. The third kappa shape index (κ3) is 1.77. The van der Waals surface area contributed by atoms with E-state index in [4.69, 9.17) is 13.9 Å². The fourth-order valence-corrected chi connectivity index (χ4v) is 6.57. The highest BCUT2D eigenvalue weighted by atomic mass is 16.7. The van der Waals surface area contributed by atoms with E-state index in [2.05, 4.69) is 13.8 Å². The van der Waals surface area contributed by atoms with Crippen LogP contribution in [-0.2, 0) is 14.3 Å². The van der Waals surface area contributed by atoms with E-state index in [1.165, 1.54) is 12.5 Å². The normalized spacial score (nSPS) is 47.4. The van der Waals surface area contributed by atoms with Crippen molar-refractivity contribution in [1.82, 2.24) is 0 Å². The summed E-state index contributed by atoms with van der Waals surface area (Å²) in [5, 5.41) is 0. The van der Waals surface area contributed by atoms with Gasteiger partial charge in [0.05, 0.1) is 22.8 Å². The van der Waals surface area contributed by atoms with E-state index < -0.39 is 17.3 Å². The van der Waals surface area contributed by atoms with Gasteiger partial charge in [-0.3, -0.25) is 9.59 Å². The van der Waals surface area contributed by atoms with Crippen LogP contribution in [0.5, 0.6) is 0 Å². The second-order valence-corrected chi connectivity index (χ2v) is 8.83. The molecule has 1 spiro atoms. The fraction of sp³-hybridized carbons (Fsp3) is 0.700. The number of carbonyl (C=O) groups excluding carboxylic acids is 2. The van der Waals surface area contributed by atoms with Crippen LogP contribution in [0.4, 0.5) is 0 Å². The van der Waals surface area contributed by atoms with Crippen LogP contribution in [0.1, 0.15) is 62.7 Å². The van der Waals surface area contributed by atoms with Gasteiger partial charge < -0.3 is 13.9 Å². The highest BCUT2D eigenvalue weighted by molar-refractivity contribution is 5.96. The molecule has 4 aliphatic rings. The Morgan fingerprint density at radius 3 is 2.88 bits per heavy atom. The van der Waals surface area contributed by atoms with E-state index in [1.54, 1.807) is 6.07 Å². The lowest BCUT2D eigenvalue weighted by Crippen LogP contribution is -2.63. The first kappa shape index (κ1) is 15.6. The molecule has 4 fully saturated rings. The SMILES string of the molecule is CC12CCC3C4(C)CCCC3(C(OC4=O)O1)C2CC(=O)c1ccoc1. The molecule has 2 saturated carbocycles. The standard InChI is InChI=1S/C20H24O5/c1-18-6-3-7-20-14(18)4-8-19(2,25-17(20)24-16(18)22)15(20)10-13(21)12-5-9-23-11-12/h5,9,11,14-15,17H,3-4,6-8,10H2,1-2H3. The summed E-state index contributed by atoms with van der Waals surface area (Å²) >= 11 is 0. The van der Waals surface area contributed by atoms with Gasteiger partial charge >= 0.3 is 5.97 Å². The Labute approximate surface area is 147 Å². The van der Waals surface area contributed by atoms with Crippen LogP contribution in [0.25, 0.3) is 0 Å². The number of furan rings is 1. The van der Waals surface area contributed by atoms with Gasteiger partial charge in [-0.1, -0.05) is 6.42 Å². The topological polar surface area (TPSA) is 65.7 Å². The van der Waals surface area contributed by atoms with Crippen molar-refractivity contribution in [3.63, 3.8) is 0 Å². The van der Waals surface area contributed by atoms with Crippen molar-refractivity contribution in [3.8, 4) is 0 Å². The Morgan fingerprint density at radius 2 is 2.12 bits per heavy atom.